The number of aryl methyl sites for hydroxylation is 1. The van der Waals surface area contributed by atoms with E-state index in [1.165, 1.54) is 0 Å². The molecule has 0 aromatic carbocycles. The third-order valence-electron chi connectivity index (χ3n) is 2.68. The maximum atomic E-state index is 11.7. The van der Waals surface area contributed by atoms with Crippen molar-refractivity contribution in [2.24, 2.45) is 0 Å². The number of hydrogen-bond donors (Lipinski definition) is 2. The number of carbonyl (C=O) groups is 2. The first-order valence-corrected chi connectivity index (χ1v) is 6.37. The van der Waals surface area contributed by atoms with Crippen molar-refractivity contribution in [1.82, 2.24) is 15.2 Å². The van der Waals surface area contributed by atoms with Crippen LogP contribution in [0.1, 0.15) is 25.5 Å². The summed E-state index contributed by atoms with van der Waals surface area (Å²) in [6.07, 6.45) is 0.117. The molecule has 0 fully saturated rings. The van der Waals surface area contributed by atoms with Gasteiger partial charge in [-0.1, -0.05) is 0 Å². The number of fused-ring (bicyclic) bond motifs is 1. The second-order valence-corrected chi connectivity index (χ2v) is 4.27. The van der Waals surface area contributed by atoms with Gasteiger partial charge in [-0.25, -0.2) is 4.98 Å². The lowest BCUT2D eigenvalue weighted by molar-refractivity contribution is -0.144. The minimum Gasteiger partial charge on any atom is -0.466 e. The molecule has 0 aliphatic heterocycles. The van der Waals surface area contributed by atoms with Crippen LogP contribution >= 0.6 is 0 Å². The zero-order valence-corrected chi connectivity index (χ0v) is 11.4. The minimum absolute atomic E-state index is 0.0549. The van der Waals surface area contributed by atoms with E-state index in [4.69, 9.17) is 4.74 Å². The number of esters is 1. The van der Waals surface area contributed by atoms with Gasteiger partial charge in [0.15, 0.2) is 11.5 Å². The largest absolute Gasteiger partial charge is 0.466 e. The topological polar surface area (TPSA) is 97.0 Å². The Morgan fingerprint density at radius 2 is 2.15 bits per heavy atom. The number of carbonyl (C=O) groups excluding carboxylic acids is 2. The van der Waals surface area contributed by atoms with E-state index in [1.54, 1.807) is 6.92 Å². The molecular formula is C13H16N4O3. The van der Waals surface area contributed by atoms with Crippen molar-refractivity contribution < 1.29 is 14.3 Å². The number of amides is 1. The van der Waals surface area contributed by atoms with Crippen molar-refractivity contribution in [1.29, 1.82) is 0 Å². The predicted octanol–water partition coefficient (Wildman–Crippen LogP) is 1.55. The SMILES string of the molecule is CCOC(=O)CCC(=O)Nc1n[nH]c2nc(C)ccc12. The first kappa shape index (κ1) is 14.0. The second kappa shape index (κ2) is 6.14. The molecule has 20 heavy (non-hydrogen) atoms. The first-order chi connectivity index (χ1) is 9.60. The van der Waals surface area contributed by atoms with Crippen LogP contribution < -0.4 is 5.32 Å². The molecule has 0 unspecified atom stereocenters. The van der Waals surface area contributed by atoms with Gasteiger partial charge in [-0.15, -0.1) is 0 Å². The van der Waals surface area contributed by atoms with Gasteiger partial charge < -0.3 is 10.1 Å². The highest BCUT2D eigenvalue weighted by Crippen LogP contribution is 2.19. The van der Waals surface area contributed by atoms with Crippen LogP contribution in [0.2, 0.25) is 0 Å². The lowest BCUT2D eigenvalue weighted by Gasteiger charge is -2.03. The van der Waals surface area contributed by atoms with E-state index in [0.717, 1.165) is 11.1 Å². The number of nitrogens with zero attached hydrogens (tertiary/aromatic N) is 2. The fourth-order valence-corrected chi connectivity index (χ4v) is 1.74. The Hall–Kier alpha value is -2.44. The van der Waals surface area contributed by atoms with Crippen LogP contribution in [-0.4, -0.2) is 33.7 Å². The molecule has 106 valence electrons. The van der Waals surface area contributed by atoms with Crippen LogP contribution in [0.3, 0.4) is 0 Å². The monoisotopic (exact) mass is 276 g/mol. The van der Waals surface area contributed by atoms with E-state index in [9.17, 15) is 9.59 Å². The molecule has 0 aliphatic carbocycles. The number of anilines is 1. The van der Waals surface area contributed by atoms with Crippen LogP contribution in [0.5, 0.6) is 0 Å². The number of aromatic nitrogens is 3. The molecule has 2 heterocycles. The standard InChI is InChI=1S/C13H16N4O3/c1-3-20-11(19)7-6-10(18)15-13-9-5-4-8(2)14-12(9)16-17-13/h4-5H,3,6-7H2,1-2H3,(H2,14,15,16,17,18). The Morgan fingerprint density at radius 1 is 1.35 bits per heavy atom. The van der Waals surface area contributed by atoms with Gasteiger partial charge in [0.25, 0.3) is 0 Å². The Balaban J connectivity index is 1.98. The van der Waals surface area contributed by atoms with Gasteiger partial charge in [0.2, 0.25) is 5.91 Å². The van der Waals surface area contributed by atoms with Gasteiger partial charge in [0, 0.05) is 12.1 Å². The summed E-state index contributed by atoms with van der Waals surface area (Å²) in [6, 6.07) is 3.67. The van der Waals surface area contributed by atoms with E-state index >= 15 is 0 Å². The van der Waals surface area contributed by atoms with E-state index < -0.39 is 0 Å². The van der Waals surface area contributed by atoms with Crippen molar-refractivity contribution in [2.75, 3.05) is 11.9 Å². The minimum atomic E-state index is -0.383. The van der Waals surface area contributed by atoms with E-state index in [-0.39, 0.29) is 24.7 Å². The maximum absolute atomic E-state index is 11.7. The normalized spacial score (nSPS) is 10.5. The molecule has 0 radical (unpaired) electrons. The highest BCUT2D eigenvalue weighted by atomic mass is 16.5. The van der Waals surface area contributed by atoms with Crippen molar-refractivity contribution in [2.45, 2.75) is 26.7 Å². The van der Waals surface area contributed by atoms with Gasteiger partial charge in [-0.3, -0.25) is 14.7 Å². The number of pyridine rings is 1. The van der Waals surface area contributed by atoms with Crippen LogP contribution in [0.15, 0.2) is 12.1 Å². The summed E-state index contributed by atoms with van der Waals surface area (Å²) >= 11 is 0. The van der Waals surface area contributed by atoms with Gasteiger partial charge >= 0.3 is 5.97 Å². The first-order valence-electron chi connectivity index (χ1n) is 6.37. The van der Waals surface area contributed by atoms with E-state index in [2.05, 4.69) is 20.5 Å². The van der Waals surface area contributed by atoms with Gasteiger partial charge in [0.1, 0.15) is 0 Å². The number of hydrogen-bond acceptors (Lipinski definition) is 5. The molecule has 0 spiro atoms. The van der Waals surface area contributed by atoms with Crippen LogP contribution in [0, 0.1) is 6.92 Å². The molecule has 0 saturated carbocycles. The fraction of sp³-hybridized carbons (Fsp3) is 0.385. The summed E-state index contributed by atoms with van der Waals surface area (Å²) in [4.78, 5) is 27.2. The summed E-state index contributed by atoms with van der Waals surface area (Å²) in [5.74, 6) is -0.250. The Labute approximate surface area is 115 Å². The van der Waals surface area contributed by atoms with Gasteiger partial charge in [-0.05, 0) is 26.0 Å². The van der Waals surface area contributed by atoms with Crippen molar-refractivity contribution in [3.8, 4) is 0 Å². The average molecular weight is 276 g/mol. The zero-order valence-electron chi connectivity index (χ0n) is 11.4. The number of H-pyrrole nitrogens is 1. The molecule has 2 aromatic rings. The highest BCUT2D eigenvalue weighted by Gasteiger charge is 2.12. The molecule has 7 heteroatoms. The second-order valence-electron chi connectivity index (χ2n) is 4.27. The molecule has 2 aromatic heterocycles. The average Bonchev–Trinajstić information content (AvgIpc) is 2.79. The number of nitrogens with one attached hydrogen (secondary N) is 2. The summed E-state index contributed by atoms with van der Waals surface area (Å²) < 4.78 is 4.76. The molecular weight excluding hydrogens is 260 g/mol. The van der Waals surface area contributed by atoms with Gasteiger partial charge in [0.05, 0.1) is 18.4 Å². The zero-order chi connectivity index (χ0) is 14.5. The summed E-state index contributed by atoms with van der Waals surface area (Å²) in [7, 11) is 0. The Bertz CT molecular complexity index is 636. The third kappa shape index (κ3) is 3.31. The van der Waals surface area contributed by atoms with E-state index in [0.29, 0.717) is 18.1 Å². The quantitative estimate of drug-likeness (QED) is 0.807. The summed E-state index contributed by atoms with van der Waals surface area (Å²) in [5, 5.41) is 10.1. The van der Waals surface area contributed by atoms with Crippen LogP contribution in [0.25, 0.3) is 11.0 Å². The van der Waals surface area contributed by atoms with Crippen molar-refractivity contribution in [3.05, 3.63) is 17.8 Å². The Morgan fingerprint density at radius 3 is 2.90 bits per heavy atom. The summed E-state index contributed by atoms with van der Waals surface area (Å²) in [5.41, 5.74) is 1.48. The molecule has 7 nitrogen and oxygen atoms in total. The number of rotatable bonds is 5. The van der Waals surface area contributed by atoms with Crippen molar-refractivity contribution >= 4 is 28.7 Å². The molecule has 0 saturated heterocycles. The van der Waals surface area contributed by atoms with E-state index in [1.807, 2.05) is 19.1 Å². The molecule has 0 bridgehead atoms. The molecule has 2 rings (SSSR count). The smallest absolute Gasteiger partial charge is 0.306 e. The maximum Gasteiger partial charge on any atom is 0.306 e. The molecule has 0 aliphatic rings. The number of ether oxygens (including phenoxy) is 1. The lowest BCUT2D eigenvalue weighted by atomic mass is 10.2. The molecule has 2 N–H and O–H groups in total. The third-order valence-corrected chi connectivity index (χ3v) is 2.68. The lowest BCUT2D eigenvalue weighted by Crippen LogP contribution is -2.15. The highest BCUT2D eigenvalue weighted by molar-refractivity contribution is 5.99. The summed E-state index contributed by atoms with van der Waals surface area (Å²) in [6.45, 7) is 3.91. The number of aromatic amines is 1. The predicted molar refractivity (Wildman–Crippen MR) is 73.1 cm³/mol. The molecule has 1 amide bonds. The molecule has 0 atom stereocenters. The van der Waals surface area contributed by atoms with Crippen molar-refractivity contribution in [3.63, 3.8) is 0 Å². The van der Waals surface area contributed by atoms with Gasteiger partial charge in [-0.2, -0.15) is 5.10 Å². The Kier molecular flexibility index (Phi) is 4.29. The fourth-order valence-electron chi connectivity index (χ4n) is 1.74. The van der Waals surface area contributed by atoms with Crippen LogP contribution in [-0.2, 0) is 14.3 Å². The van der Waals surface area contributed by atoms with Crippen LogP contribution in [0.4, 0.5) is 5.82 Å².